The lowest BCUT2D eigenvalue weighted by molar-refractivity contribution is 0.147. The predicted octanol–water partition coefficient (Wildman–Crippen LogP) is 6.89. The van der Waals surface area contributed by atoms with Crippen LogP contribution in [0.15, 0.2) is 60.4 Å². The van der Waals surface area contributed by atoms with Crippen molar-refractivity contribution in [3.8, 4) is 11.5 Å². The van der Waals surface area contributed by atoms with Crippen molar-refractivity contribution in [2.45, 2.75) is 70.9 Å². The van der Waals surface area contributed by atoms with Crippen LogP contribution in [0.5, 0.6) is 11.5 Å². The minimum absolute atomic E-state index is 0.153. The highest BCUT2D eigenvalue weighted by Crippen LogP contribution is 2.38. The van der Waals surface area contributed by atoms with Gasteiger partial charge in [-0.3, -0.25) is 9.80 Å². The van der Waals surface area contributed by atoms with Gasteiger partial charge in [0.2, 0.25) is 0 Å². The van der Waals surface area contributed by atoms with E-state index in [0.29, 0.717) is 36.5 Å². The van der Waals surface area contributed by atoms with Crippen molar-refractivity contribution in [1.29, 1.82) is 0 Å². The summed E-state index contributed by atoms with van der Waals surface area (Å²) in [5.74, 6) is 2.09. The van der Waals surface area contributed by atoms with Crippen molar-refractivity contribution < 1.29 is 19.0 Å². The summed E-state index contributed by atoms with van der Waals surface area (Å²) in [5.41, 5.74) is 3.54. The summed E-state index contributed by atoms with van der Waals surface area (Å²) in [6.45, 7) is 7.27. The molecule has 222 valence electrons. The molecule has 1 aliphatic heterocycles. The van der Waals surface area contributed by atoms with Crippen LogP contribution in [0.4, 0.5) is 4.39 Å². The minimum atomic E-state index is -0.286. The molecule has 2 aromatic carbocycles. The van der Waals surface area contributed by atoms with Crippen LogP contribution in [-0.2, 0) is 24.1 Å². The Morgan fingerprint density at radius 2 is 1.83 bits per heavy atom. The maximum atomic E-state index is 15.2. The summed E-state index contributed by atoms with van der Waals surface area (Å²) in [7, 11) is 1.72. The molecule has 3 atom stereocenters. The molecule has 5 nitrogen and oxygen atoms in total. The van der Waals surface area contributed by atoms with Crippen molar-refractivity contribution in [2.24, 2.45) is 11.8 Å². The molecular weight excluding hydrogens is 515 g/mol. The van der Waals surface area contributed by atoms with Gasteiger partial charge >= 0.3 is 0 Å². The number of methoxy groups -OCH3 is 1. The van der Waals surface area contributed by atoms with E-state index in [4.69, 9.17) is 9.47 Å². The van der Waals surface area contributed by atoms with Gasteiger partial charge in [-0.1, -0.05) is 44.4 Å². The summed E-state index contributed by atoms with van der Waals surface area (Å²) in [5, 5.41) is 9.92. The molecule has 0 aromatic heterocycles. The number of halogens is 1. The number of likely N-dealkylation sites (N-methyl/N-ethyl adjacent to an activating group) is 1. The minimum Gasteiger partial charge on any atom is -0.508 e. The van der Waals surface area contributed by atoms with Gasteiger partial charge in [-0.25, -0.2) is 4.39 Å². The first-order valence-electron chi connectivity index (χ1n) is 15.7. The lowest BCUT2D eigenvalue weighted by Gasteiger charge is -2.41. The molecule has 2 unspecified atom stereocenters. The number of allylic oxidation sites excluding steroid dienone is 1. The van der Waals surface area contributed by atoms with Crippen molar-refractivity contribution in [2.75, 3.05) is 39.9 Å². The molecule has 0 radical (unpaired) electrons. The Bertz CT molecular complexity index is 1200. The highest BCUT2D eigenvalue weighted by molar-refractivity contribution is 5.37. The molecule has 0 amide bonds. The third-order valence-corrected chi connectivity index (χ3v) is 9.27. The van der Waals surface area contributed by atoms with Crippen molar-refractivity contribution in [1.82, 2.24) is 9.80 Å². The third kappa shape index (κ3) is 7.72. The Morgan fingerprint density at radius 1 is 1.02 bits per heavy atom. The van der Waals surface area contributed by atoms with E-state index in [1.807, 2.05) is 12.1 Å². The fourth-order valence-corrected chi connectivity index (χ4v) is 6.92. The molecule has 1 N–H and O–H groups in total. The second-order valence-electron chi connectivity index (χ2n) is 11.9. The lowest BCUT2D eigenvalue weighted by Crippen LogP contribution is -2.43. The van der Waals surface area contributed by atoms with Crippen LogP contribution in [0.25, 0.3) is 0 Å². The number of hydrogen-bond acceptors (Lipinski definition) is 5. The summed E-state index contributed by atoms with van der Waals surface area (Å²) >= 11 is 0. The molecule has 41 heavy (non-hydrogen) atoms. The Hall–Kier alpha value is -2.83. The number of likely N-dealkylation sites (tertiary alicyclic amines) is 1. The smallest absolute Gasteiger partial charge is 0.165 e. The van der Waals surface area contributed by atoms with Crippen LogP contribution in [-0.4, -0.2) is 60.8 Å². The second kappa shape index (κ2) is 14.4. The number of aryl methyl sites for hydroxylation is 1. The molecule has 6 heteroatoms. The van der Waals surface area contributed by atoms with Crippen LogP contribution in [0, 0.1) is 17.7 Å². The number of hydrogen-bond donors (Lipinski definition) is 1. The first-order chi connectivity index (χ1) is 20.0. The molecule has 1 fully saturated rings. The van der Waals surface area contributed by atoms with Crippen LogP contribution in [0.3, 0.4) is 0 Å². The monoisotopic (exact) mass is 562 g/mol. The number of aromatic hydroxyl groups is 1. The number of rotatable bonds is 10. The average molecular weight is 563 g/mol. The molecule has 1 heterocycles. The second-order valence-corrected chi connectivity index (χ2v) is 11.9. The summed E-state index contributed by atoms with van der Waals surface area (Å²) in [6.07, 6.45) is 16.1. The molecule has 2 aromatic rings. The Labute approximate surface area is 245 Å². The summed E-state index contributed by atoms with van der Waals surface area (Å²) in [6, 6.07) is 11.4. The molecule has 5 rings (SSSR count). The summed E-state index contributed by atoms with van der Waals surface area (Å²) in [4.78, 5) is 4.88. The fourth-order valence-electron chi connectivity index (χ4n) is 6.92. The molecule has 2 aliphatic carbocycles. The first kappa shape index (κ1) is 29.7. The number of ether oxygens (including phenoxy) is 2. The number of phenolic OH excluding ortho intramolecular Hbond substituents is 1. The van der Waals surface area contributed by atoms with Gasteiger partial charge in [0.1, 0.15) is 18.1 Å². The van der Waals surface area contributed by atoms with E-state index < -0.39 is 0 Å². The van der Waals surface area contributed by atoms with Crippen LogP contribution < -0.4 is 4.74 Å². The van der Waals surface area contributed by atoms with Crippen LogP contribution in [0.2, 0.25) is 0 Å². The highest BCUT2D eigenvalue weighted by atomic mass is 19.1. The number of fused-ring (bicyclic) bond motifs is 1. The van der Waals surface area contributed by atoms with Gasteiger partial charge in [0.05, 0.1) is 7.11 Å². The van der Waals surface area contributed by atoms with Crippen LogP contribution in [0.1, 0.15) is 62.1 Å². The first-order valence-corrected chi connectivity index (χ1v) is 15.7. The van der Waals surface area contributed by atoms with Crippen molar-refractivity contribution in [3.63, 3.8) is 0 Å². The van der Waals surface area contributed by atoms with E-state index in [0.717, 1.165) is 56.8 Å². The molecular formula is C35H47FN2O3. The van der Waals surface area contributed by atoms with Gasteiger partial charge < -0.3 is 14.6 Å². The SMILES string of the molecule is CCN(Cc1ccc(OCCN2CCCCCCC2)c(F)c1)C1C=C(OC)C=CC1[C@@H]1CCc2cc(O)ccc2C1. The predicted molar refractivity (Wildman–Crippen MR) is 163 cm³/mol. The maximum absolute atomic E-state index is 15.2. The average Bonchev–Trinajstić information content (AvgIpc) is 2.97. The molecule has 3 aliphatic rings. The van der Waals surface area contributed by atoms with Gasteiger partial charge in [-0.15, -0.1) is 0 Å². The topological polar surface area (TPSA) is 45.2 Å². The van der Waals surface area contributed by atoms with Gasteiger partial charge in [0, 0.05) is 19.1 Å². The van der Waals surface area contributed by atoms with E-state index in [1.54, 1.807) is 25.3 Å². The standard InChI is InChI=1S/C35H47FN2O3/c1-3-38(25-26-9-16-35(33(36)21-26)41-20-19-37-17-7-5-4-6-8-18-37)34-24-31(40-2)14-15-32(34)29-11-10-28-23-30(39)13-12-27(28)22-29/h9,12-16,21,23-24,29,32,34,39H,3-8,10-11,17-20,22,25H2,1-2H3/t29-,32?,34?/m1/s1. The van der Waals surface area contributed by atoms with Gasteiger partial charge in [-0.2, -0.15) is 0 Å². The molecule has 0 bridgehead atoms. The van der Waals surface area contributed by atoms with E-state index in [9.17, 15) is 5.11 Å². The van der Waals surface area contributed by atoms with Crippen molar-refractivity contribution in [3.05, 3.63) is 82.9 Å². The van der Waals surface area contributed by atoms with E-state index >= 15 is 4.39 Å². The number of phenols is 1. The van der Waals surface area contributed by atoms with E-state index in [1.165, 1.54) is 43.2 Å². The zero-order chi connectivity index (χ0) is 28.6. The Balaban J connectivity index is 1.23. The van der Waals surface area contributed by atoms with E-state index in [2.05, 4.69) is 41.0 Å². The maximum Gasteiger partial charge on any atom is 0.165 e. The zero-order valence-electron chi connectivity index (χ0n) is 24.9. The Morgan fingerprint density at radius 3 is 2.59 bits per heavy atom. The third-order valence-electron chi connectivity index (χ3n) is 9.27. The van der Waals surface area contributed by atoms with Crippen molar-refractivity contribution >= 4 is 0 Å². The Kier molecular flexibility index (Phi) is 10.4. The number of benzene rings is 2. The van der Waals surface area contributed by atoms with Gasteiger partial charge in [-0.05, 0) is 117 Å². The summed E-state index contributed by atoms with van der Waals surface area (Å²) < 4.78 is 26.7. The fraction of sp³-hybridized carbons (Fsp3) is 0.543. The number of nitrogens with zero attached hydrogens (tertiary/aromatic N) is 2. The quantitative estimate of drug-likeness (QED) is 0.342. The lowest BCUT2D eigenvalue weighted by atomic mass is 9.72. The molecule has 0 spiro atoms. The highest BCUT2D eigenvalue weighted by Gasteiger charge is 2.34. The largest absolute Gasteiger partial charge is 0.508 e. The van der Waals surface area contributed by atoms with Gasteiger partial charge in [0.25, 0.3) is 0 Å². The van der Waals surface area contributed by atoms with Crippen LogP contribution >= 0.6 is 0 Å². The molecule has 0 saturated carbocycles. The zero-order valence-corrected chi connectivity index (χ0v) is 24.9. The normalized spacial score (nSPS) is 23.4. The van der Waals surface area contributed by atoms with E-state index in [-0.39, 0.29) is 11.9 Å². The van der Waals surface area contributed by atoms with Gasteiger partial charge in [0.15, 0.2) is 11.6 Å². The molecule has 1 saturated heterocycles.